The number of ether oxygens (including phenoxy) is 1. The van der Waals surface area contributed by atoms with Crippen LogP contribution in [0.15, 0.2) is 10.8 Å². The summed E-state index contributed by atoms with van der Waals surface area (Å²) in [7, 11) is 2.00. The number of carbonyl (C=O) groups excluding carboxylic acids is 2. The molecule has 0 aromatic rings. The van der Waals surface area contributed by atoms with Gasteiger partial charge in [0, 0.05) is 12.2 Å². The number of hydrogen-bond donors (Lipinski definition) is 0. The van der Waals surface area contributed by atoms with Crippen molar-refractivity contribution in [2.75, 3.05) is 18.9 Å². The lowest BCUT2D eigenvalue weighted by atomic mass is 10.1. The van der Waals surface area contributed by atoms with Crippen LogP contribution in [0.25, 0.3) is 0 Å². The van der Waals surface area contributed by atoms with Crippen LogP contribution in [0.3, 0.4) is 0 Å². The van der Waals surface area contributed by atoms with Crippen LogP contribution in [0, 0.1) is 0 Å². The van der Waals surface area contributed by atoms with Gasteiger partial charge in [-0.15, -0.1) is 17.7 Å². The third kappa shape index (κ3) is 2.32. The van der Waals surface area contributed by atoms with Crippen LogP contribution >= 0.6 is 11.8 Å². The van der Waals surface area contributed by atoms with E-state index in [4.69, 9.17) is 0 Å². The van der Waals surface area contributed by atoms with Gasteiger partial charge in [-0.05, 0) is 0 Å². The maximum Gasteiger partial charge on any atom is 0.416 e. The van der Waals surface area contributed by atoms with E-state index in [2.05, 4.69) is 4.74 Å². The summed E-state index contributed by atoms with van der Waals surface area (Å²) in [6, 6.07) is 0. The van der Waals surface area contributed by atoms with Crippen LogP contribution in [0.1, 0.15) is 6.42 Å². The molecule has 1 saturated heterocycles. The summed E-state index contributed by atoms with van der Waals surface area (Å²) in [4.78, 5) is 24.8. The summed E-state index contributed by atoms with van der Waals surface area (Å²) in [5.41, 5.74) is 0. The molecule has 0 spiro atoms. The molecule has 0 unspecified atom stereocenters. The Hall–Kier alpha value is -0.905. The van der Waals surface area contributed by atoms with E-state index in [1.165, 1.54) is 9.70 Å². The second kappa shape index (κ2) is 4.08. The molecule has 2 rings (SSSR count). The number of imide groups is 1. The quantitative estimate of drug-likeness (QED) is 0.637. The number of hydrogen-bond acceptors (Lipinski definition) is 4. The van der Waals surface area contributed by atoms with Gasteiger partial charge in [0.1, 0.15) is 6.61 Å². The first-order chi connectivity index (χ1) is 6.77. The van der Waals surface area contributed by atoms with Gasteiger partial charge >= 0.3 is 6.09 Å². The molecule has 0 aromatic carbocycles. The van der Waals surface area contributed by atoms with E-state index in [0.29, 0.717) is 19.6 Å². The van der Waals surface area contributed by atoms with E-state index >= 15 is 0 Å². The first-order valence-electron chi connectivity index (χ1n) is 4.42. The van der Waals surface area contributed by atoms with E-state index in [0.717, 1.165) is 5.75 Å². The summed E-state index contributed by atoms with van der Waals surface area (Å²) in [5, 5.41) is 0. The van der Waals surface area contributed by atoms with Crippen molar-refractivity contribution in [2.24, 2.45) is 0 Å². The number of nitrogens with zero attached hydrogens (tertiary/aromatic N) is 1. The van der Waals surface area contributed by atoms with Crippen molar-refractivity contribution >= 4 is 31.0 Å². The molecule has 4 nitrogen and oxygen atoms in total. The second-order valence-corrected chi connectivity index (χ2v) is 4.16. The molecule has 0 N–H and O–H groups in total. The van der Waals surface area contributed by atoms with Crippen molar-refractivity contribution in [3.63, 3.8) is 0 Å². The minimum Gasteiger partial charge on any atom is -0.447 e. The smallest absolute Gasteiger partial charge is 0.416 e. The van der Waals surface area contributed by atoms with E-state index in [9.17, 15) is 9.59 Å². The molecule has 14 heavy (non-hydrogen) atoms. The SMILES string of the molecule is O=C(CCSC1=C[B]1)N1CCOC1=O. The van der Waals surface area contributed by atoms with Gasteiger partial charge in [-0.2, -0.15) is 0 Å². The summed E-state index contributed by atoms with van der Waals surface area (Å²) < 4.78 is 4.67. The fraction of sp³-hybridized carbons (Fsp3) is 0.500. The molecular weight excluding hydrogens is 201 g/mol. The van der Waals surface area contributed by atoms with Crippen molar-refractivity contribution in [1.29, 1.82) is 0 Å². The zero-order chi connectivity index (χ0) is 9.97. The third-order valence-electron chi connectivity index (χ3n) is 1.95. The summed E-state index contributed by atoms with van der Waals surface area (Å²) in [5.74, 6) is 2.59. The van der Waals surface area contributed by atoms with Gasteiger partial charge < -0.3 is 4.74 Å². The van der Waals surface area contributed by atoms with Crippen molar-refractivity contribution in [2.45, 2.75) is 6.42 Å². The molecule has 2 heterocycles. The van der Waals surface area contributed by atoms with Crippen LogP contribution < -0.4 is 0 Å². The highest BCUT2D eigenvalue weighted by molar-refractivity contribution is 8.05. The van der Waals surface area contributed by atoms with Crippen LogP contribution in [-0.4, -0.2) is 43.1 Å². The third-order valence-corrected chi connectivity index (χ3v) is 2.96. The van der Waals surface area contributed by atoms with Crippen LogP contribution in [0.2, 0.25) is 0 Å². The molecular formula is C8H9BNO3S. The van der Waals surface area contributed by atoms with Crippen molar-refractivity contribution < 1.29 is 14.3 Å². The molecule has 0 aromatic heterocycles. The van der Waals surface area contributed by atoms with Crippen LogP contribution in [0.5, 0.6) is 0 Å². The number of rotatable bonds is 4. The maximum absolute atomic E-state index is 11.4. The fourth-order valence-electron chi connectivity index (χ4n) is 1.14. The number of cyclic esters (lactones) is 1. The van der Waals surface area contributed by atoms with Crippen LogP contribution in [0.4, 0.5) is 4.79 Å². The van der Waals surface area contributed by atoms with Gasteiger partial charge in [-0.25, -0.2) is 9.69 Å². The average molecular weight is 210 g/mol. The molecule has 2 aliphatic heterocycles. The first kappa shape index (κ1) is 9.64. The molecule has 1 fully saturated rings. The molecule has 0 aliphatic carbocycles. The van der Waals surface area contributed by atoms with Crippen LogP contribution in [-0.2, 0) is 9.53 Å². The Morgan fingerprint density at radius 1 is 1.71 bits per heavy atom. The molecule has 0 bridgehead atoms. The Balaban J connectivity index is 1.71. The minimum atomic E-state index is -0.503. The lowest BCUT2D eigenvalue weighted by Gasteiger charge is -2.09. The van der Waals surface area contributed by atoms with Gasteiger partial charge in [-0.1, -0.05) is 4.80 Å². The van der Waals surface area contributed by atoms with E-state index in [1.54, 1.807) is 11.8 Å². The van der Waals surface area contributed by atoms with Gasteiger partial charge in [0.05, 0.1) is 6.54 Å². The van der Waals surface area contributed by atoms with E-state index < -0.39 is 6.09 Å². The highest BCUT2D eigenvalue weighted by atomic mass is 32.2. The van der Waals surface area contributed by atoms with Crippen molar-refractivity contribution in [3.8, 4) is 0 Å². The Labute approximate surface area is 86.9 Å². The average Bonchev–Trinajstić information content (AvgIpc) is 2.87. The molecule has 2 amide bonds. The van der Waals surface area contributed by atoms with Gasteiger partial charge in [0.15, 0.2) is 7.28 Å². The Bertz CT molecular complexity index is 305. The van der Waals surface area contributed by atoms with E-state index in [-0.39, 0.29) is 5.91 Å². The predicted molar refractivity (Wildman–Crippen MR) is 54.0 cm³/mol. The van der Waals surface area contributed by atoms with Gasteiger partial charge in [0.25, 0.3) is 0 Å². The molecule has 6 heteroatoms. The first-order valence-corrected chi connectivity index (χ1v) is 5.41. The Morgan fingerprint density at radius 3 is 3.07 bits per heavy atom. The highest BCUT2D eigenvalue weighted by Crippen LogP contribution is 2.24. The predicted octanol–water partition coefficient (Wildman–Crippen LogP) is 0.605. The van der Waals surface area contributed by atoms with E-state index in [1.807, 2.05) is 13.3 Å². The Morgan fingerprint density at radius 2 is 2.50 bits per heavy atom. The number of carbonyl (C=O) groups is 2. The van der Waals surface area contributed by atoms with Crippen molar-refractivity contribution in [3.05, 3.63) is 10.8 Å². The fourth-order valence-corrected chi connectivity index (χ4v) is 1.91. The molecule has 1 radical (unpaired) electrons. The number of amides is 2. The minimum absolute atomic E-state index is 0.138. The second-order valence-electron chi connectivity index (χ2n) is 2.99. The standard InChI is InChI=1S/C8H9BNO3S/c11-7(1-4-14-6-5-9-6)10-2-3-13-8(10)12/h5H,1-4H2. The monoisotopic (exact) mass is 210 g/mol. The molecule has 73 valence electrons. The highest BCUT2D eigenvalue weighted by Gasteiger charge is 2.27. The Kier molecular flexibility index (Phi) is 2.81. The number of thioether (sulfide) groups is 1. The largest absolute Gasteiger partial charge is 0.447 e. The summed E-state index contributed by atoms with van der Waals surface area (Å²) in [6.07, 6.45) is -0.109. The lowest BCUT2D eigenvalue weighted by Crippen LogP contribution is -2.31. The molecule has 0 saturated carbocycles. The maximum atomic E-state index is 11.4. The summed E-state index contributed by atoms with van der Waals surface area (Å²) in [6.45, 7) is 0.730. The topological polar surface area (TPSA) is 46.6 Å². The van der Waals surface area contributed by atoms with Gasteiger partial charge in [-0.3, -0.25) is 4.79 Å². The lowest BCUT2D eigenvalue weighted by molar-refractivity contribution is -0.127. The normalized spacial score (nSPS) is 18.7. The van der Waals surface area contributed by atoms with Gasteiger partial charge in [0.2, 0.25) is 5.91 Å². The zero-order valence-electron chi connectivity index (χ0n) is 7.56. The molecule has 2 aliphatic rings. The zero-order valence-corrected chi connectivity index (χ0v) is 8.38. The molecule has 0 atom stereocenters. The summed E-state index contributed by atoms with van der Waals surface area (Å²) >= 11 is 1.64. The van der Waals surface area contributed by atoms with Crippen molar-refractivity contribution in [1.82, 2.24) is 4.90 Å².